The third-order valence-corrected chi connectivity index (χ3v) is 6.03. The maximum Gasteiger partial charge on any atom is 0.123 e. The fraction of sp³-hybridized carbons (Fsp3) is 0.667. The van der Waals surface area contributed by atoms with E-state index in [1.54, 1.807) is 7.11 Å². The highest BCUT2D eigenvalue weighted by molar-refractivity contribution is 5.39. The Morgan fingerprint density at radius 3 is 2.55 bits per heavy atom. The summed E-state index contributed by atoms with van der Waals surface area (Å²) in [5.74, 6) is 5.09. The van der Waals surface area contributed by atoms with Crippen molar-refractivity contribution in [2.75, 3.05) is 7.11 Å². The van der Waals surface area contributed by atoms with Gasteiger partial charge in [0.15, 0.2) is 0 Å². The molecule has 3 aliphatic carbocycles. The van der Waals surface area contributed by atoms with E-state index in [0.29, 0.717) is 6.04 Å². The minimum Gasteiger partial charge on any atom is -0.496 e. The number of aryl methyl sites for hydroxylation is 1. The Kier molecular flexibility index (Phi) is 2.85. The molecule has 20 heavy (non-hydrogen) atoms. The van der Waals surface area contributed by atoms with Gasteiger partial charge < -0.3 is 10.1 Å². The summed E-state index contributed by atoms with van der Waals surface area (Å²) < 4.78 is 5.56. The van der Waals surface area contributed by atoms with E-state index in [2.05, 4.69) is 37.4 Å². The Hall–Kier alpha value is -1.02. The number of benzene rings is 1. The van der Waals surface area contributed by atoms with Gasteiger partial charge in [0.05, 0.1) is 7.11 Å². The number of ether oxygens (including phenoxy) is 1. The normalized spacial score (nSPS) is 38.6. The zero-order chi connectivity index (χ0) is 13.9. The van der Waals surface area contributed by atoms with Crippen molar-refractivity contribution in [1.29, 1.82) is 0 Å². The number of hydrogen-bond donors (Lipinski definition) is 1. The van der Waals surface area contributed by atoms with Crippen LogP contribution in [0.25, 0.3) is 0 Å². The van der Waals surface area contributed by atoms with E-state index in [0.717, 1.165) is 35.5 Å². The van der Waals surface area contributed by atoms with E-state index in [4.69, 9.17) is 4.74 Å². The van der Waals surface area contributed by atoms with Crippen molar-refractivity contribution in [1.82, 2.24) is 5.32 Å². The molecule has 0 amide bonds. The van der Waals surface area contributed by atoms with E-state index in [9.17, 15) is 0 Å². The molecular weight excluding hydrogens is 246 g/mol. The monoisotopic (exact) mass is 271 g/mol. The van der Waals surface area contributed by atoms with Gasteiger partial charge in [0.2, 0.25) is 0 Å². The summed E-state index contributed by atoms with van der Waals surface area (Å²) >= 11 is 0. The van der Waals surface area contributed by atoms with Gasteiger partial charge in [0.25, 0.3) is 0 Å². The molecule has 3 aliphatic rings. The van der Waals surface area contributed by atoms with Crippen molar-refractivity contribution in [2.24, 2.45) is 23.7 Å². The third kappa shape index (κ3) is 1.81. The Morgan fingerprint density at radius 1 is 1.20 bits per heavy atom. The van der Waals surface area contributed by atoms with Crippen LogP contribution in [0.4, 0.5) is 0 Å². The zero-order valence-electron chi connectivity index (χ0n) is 12.7. The van der Waals surface area contributed by atoms with Crippen molar-refractivity contribution in [3.63, 3.8) is 0 Å². The van der Waals surface area contributed by atoms with E-state index < -0.39 is 0 Å². The Labute approximate surface area is 121 Å². The first kappa shape index (κ1) is 12.7. The second-order valence-electron chi connectivity index (χ2n) is 7.15. The minimum absolute atomic E-state index is 0.389. The van der Waals surface area contributed by atoms with Crippen LogP contribution in [0.1, 0.15) is 43.4 Å². The molecule has 0 aliphatic heterocycles. The number of rotatable bonds is 4. The Balaban J connectivity index is 1.48. The molecule has 0 heterocycles. The first-order valence-corrected chi connectivity index (χ1v) is 8.09. The maximum absolute atomic E-state index is 5.56. The SMILES string of the molecule is COc1cc(C)ccc1C(C)NC1C2C3CCC(C3)C12. The van der Waals surface area contributed by atoms with Crippen molar-refractivity contribution in [3.05, 3.63) is 29.3 Å². The van der Waals surface area contributed by atoms with Crippen LogP contribution in [-0.4, -0.2) is 13.2 Å². The van der Waals surface area contributed by atoms with Gasteiger partial charge in [-0.25, -0.2) is 0 Å². The van der Waals surface area contributed by atoms with Gasteiger partial charge in [0, 0.05) is 17.6 Å². The van der Waals surface area contributed by atoms with Gasteiger partial charge in [-0.15, -0.1) is 0 Å². The molecule has 0 radical (unpaired) electrons. The third-order valence-electron chi connectivity index (χ3n) is 6.03. The zero-order valence-corrected chi connectivity index (χ0v) is 12.7. The molecule has 1 N–H and O–H groups in total. The highest BCUT2D eigenvalue weighted by Gasteiger charge is 2.64. The Bertz CT molecular complexity index is 510. The quantitative estimate of drug-likeness (QED) is 0.901. The maximum atomic E-state index is 5.56. The molecule has 5 unspecified atom stereocenters. The van der Waals surface area contributed by atoms with Crippen molar-refractivity contribution in [3.8, 4) is 5.75 Å². The van der Waals surface area contributed by atoms with Crippen LogP contribution in [0, 0.1) is 30.6 Å². The molecule has 3 saturated carbocycles. The summed E-state index contributed by atoms with van der Waals surface area (Å²) in [6, 6.07) is 7.72. The summed E-state index contributed by atoms with van der Waals surface area (Å²) in [6.07, 6.45) is 4.51. The van der Waals surface area contributed by atoms with Gasteiger partial charge in [-0.2, -0.15) is 0 Å². The lowest BCUT2D eigenvalue weighted by Gasteiger charge is -2.20. The van der Waals surface area contributed by atoms with Crippen LogP contribution in [0.3, 0.4) is 0 Å². The first-order valence-electron chi connectivity index (χ1n) is 8.09. The molecule has 1 aromatic carbocycles. The summed E-state index contributed by atoms with van der Waals surface area (Å²) in [5, 5.41) is 3.89. The molecule has 2 heteroatoms. The molecule has 4 rings (SSSR count). The number of nitrogens with one attached hydrogen (secondary N) is 1. The average Bonchev–Trinajstić information content (AvgIpc) is 2.84. The van der Waals surface area contributed by atoms with Gasteiger partial charge in [-0.05, 0) is 68.4 Å². The number of methoxy groups -OCH3 is 1. The minimum atomic E-state index is 0.389. The van der Waals surface area contributed by atoms with E-state index in [1.165, 1.54) is 30.4 Å². The molecule has 5 atom stereocenters. The van der Waals surface area contributed by atoms with E-state index >= 15 is 0 Å². The average molecular weight is 271 g/mol. The van der Waals surface area contributed by atoms with Gasteiger partial charge >= 0.3 is 0 Å². The van der Waals surface area contributed by atoms with Crippen LogP contribution in [0.2, 0.25) is 0 Å². The standard InChI is InChI=1S/C18H25NO/c1-10-4-7-14(15(8-10)20-3)11(2)19-18-16-12-5-6-13(9-12)17(16)18/h4,7-8,11-13,16-19H,5-6,9H2,1-3H3. The molecule has 108 valence electrons. The van der Waals surface area contributed by atoms with E-state index in [-0.39, 0.29) is 0 Å². The summed E-state index contributed by atoms with van der Waals surface area (Å²) in [5.41, 5.74) is 2.56. The largest absolute Gasteiger partial charge is 0.496 e. The lowest BCUT2D eigenvalue weighted by molar-refractivity contribution is 0.391. The van der Waals surface area contributed by atoms with Crippen LogP contribution < -0.4 is 10.1 Å². The van der Waals surface area contributed by atoms with E-state index in [1.807, 2.05) is 0 Å². The second-order valence-corrected chi connectivity index (χ2v) is 7.15. The summed E-state index contributed by atoms with van der Waals surface area (Å²) in [6.45, 7) is 4.40. The number of fused-ring (bicyclic) bond motifs is 5. The van der Waals surface area contributed by atoms with Crippen molar-refractivity contribution >= 4 is 0 Å². The number of hydrogen-bond acceptors (Lipinski definition) is 2. The van der Waals surface area contributed by atoms with Crippen LogP contribution >= 0.6 is 0 Å². The highest BCUT2D eigenvalue weighted by atomic mass is 16.5. The highest BCUT2D eigenvalue weighted by Crippen LogP contribution is 2.65. The van der Waals surface area contributed by atoms with Gasteiger partial charge in [-0.1, -0.05) is 12.1 Å². The smallest absolute Gasteiger partial charge is 0.123 e. The fourth-order valence-corrected chi connectivity index (χ4v) is 5.10. The van der Waals surface area contributed by atoms with Crippen LogP contribution in [0.15, 0.2) is 18.2 Å². The first-order chi connectivity index (χ1) is 9.69. The topological polar surface area (TPSA) is 21.3 Å². The molecule has 3 fully saturated rings. The molecule has 2 nitrogen and oxygen atoms in total. The molecule has 0 spiro atoms. The second kappa shape index (κ2) is 4.49. The van der Waals surface area contributed by atoms with Crippen LogP contribution in [-0.2, 0) is 0 Å². The van der Waals surface area contributed by atoms with Gasteiger partial charge in [-0.3, -0.25) is 0 Å². The van der Waals surface area contributed by atoms with Crippen LogP contribution in [0.5, 0.6) is 5.75 Å². The van der Waals surface area contributed by atoms with Gasteiger partial charge in [0.1, 0.15) is 5.75 Å². The predicted molar refractivity (Wildman–Crippen MR) is 80.9 cm³/mol. The summed E-state index contributed by atoms with van der Waals surface area (Å²) in [7, 11) is 1.77. The van der Waals surface area contributed by atoms with Crippen molar-refractivity contribution in [2.45, 2.75) is 45.2 Å². The summed E-state index contributed by atoms with van der Waals surface area (Å²) in [4.78, 5) is 0. The molecule has 0 aromatic heterocycles. The fourth-order valence-electron chi connectivity index (χ4n) is 5.10. The predicted octanol–water partition coefficient (Wildman–Crippen LogP) is 3.70. The molecule has 2 bridgehead atoms. The Morgan fingerprint density at radius 2 is 1.90 bits per heavy atom. The lowest BCUT2D eigenvalue weighted by Crippen LogP contribution is -2.26. The van der Waals surface area contributed by atoms with Crippen molar-refractivity contribution < 1.29 is 4.74 Å². The molecule has 0 saturated heterocycles. The lowest BCUT2D eigenvalue weighted by atomic mass is 10.0. The molecule has 1 aromatic rings. The molecular formula is C18H25NO.